The normalized spacial score (nSPS) is 20.4. The van der Waals surface area contributed by atoms with Gasteiger partial charge in [-0.25, -0.2) is 4.39 Å². The Kier molecular flexibility index (Phi) is 2.42. The van der Waals surface area contributed by atoms with Gasteiger partial charge in [0.15, 0.2) is 0 Å². The third-order valence-corrected chi connectivity index (χ3v) is 2.22. The van der Waals surface area contributed by atoms with Gasteiger partial charge in [0.2, 0.25) is 0 Å². The van der Waals surface area contributed by atoms with E-state index in [0.29, 0.717) is 6.61 Å². The highest BCUT2D eigenvalue weighted by Crippen LogP contribution is 2.33. The molecule has 2 rings (SSSR count). The van der Waals surface area contributed by atoms with Crippen LogP contribution in [0.1, 0.15) is 11.1 Å². The summed E-state index contributed by atoms with van der Waals surface area (Å²) in [6, 6.07) is 2.51. The zero-order valence-corrected chi connectivity index (χ0v) is 7.64. The molecule has 82 valence electrons. The summed E-state index contributed by atoms with van der Waals surface area (Å²) in [6.45, 7) is 0.452. The number of epoxide rings is 1. The second kappa shape index (κ2) is 3.48. The lowest BCUT2D eigenvalue weighted by Crippen LogP contribution is -2.11. The average Bonchev–Trinajstić information content (AvgIpc) is 2.85. The fourth-order valence-corrected chi connectivity index (χ4v) is 1.44. The van der Waals surface area contributed by atoms with E-state index in [0.717, 1.165) is 18.2 Å². The van der Waals surface area contributed by atoms with Crippen molar-refractivity contribution in [1.82, 2.24) is 0 Å². The Labute approximate surface area is 83.7 Å². The first-order chi connectivity index (χ1) is 6.97. The maximum atomic E-state index is 12.8. The first kappa shape index (κ1) is 10.4. The van der Waals surface area contributed by atoms with Gasteiger partial charge in [-0.2, -0.15) is 13.2 Å². The molecule has 1 nitrogen and oxygen atoms in total. The molecule has 1 aliphatic heterocycles. The van der Waals surface area contributed by atoms with Crippen molar-refractivity contribution in [2.75, 3.05) is 6.61 Å². The number of hydrogen-bond acceptors (Lipinski definition) is 1. The van der Waals surface area contributed by atoms with Crippen LogP contribution in [0.25, 0.3) is 0 Å². The number of alkyl halides is 3. The molecule has 1 aromatic carbocycles. The predicted molar refractivity (Wildman–Crippen MR) is 44.8 cm³/mol. The number of rotatable bonds is 2. The minimum absolute atomic E-state index is 0.0370. The molecular formula is C10H8F4O. The molecule has 0 N–H and O–H groups in total. The molecule has 1 fully saturated rings. The van der Waals surface area contributed by atoms with Crippen molar-refractivity contribution in [3.63, 3.8) is 0 Å². The van der Waals surface area contributed by atoms with Gasteiger partial charge in [-0.05, 0) is 23.8 Å². The molecule has 0 aliphatic carbocycles. The molecule has 0 bridgehead atoms. The van der Waals surface area contributed by atoms with Crippen molar-refractivity contribution in [2.24, 2.45) is 0 Å². The van der Waals surface area contributed by atoms with Crippen LogP contribution in [0.15, 0.2) is 18.2 Å². The molecule has 0 spiro atoms. The highest BCUT2D eigenvalue weighted by atomic mass is 19.4. The summed E-state index contributed by atoms with van der Waals surface area (Å²) in [5, 5.41) is 0. The van der Waals surface area contributed by atoms with Crippen LogP contribution in [0.4, 0.5) is 17.6 Å². The second-order valence-electron chi connectivity index (χ2n) is 3.46. The molecule has 0 saturated carbocycles. The molecule has 1 atom stereocenters. The van der Waals surface area contributed by atoms with Crippen molar-refractivity contribution < 1.29 is 22.3 Å². The smallest absolute Gasteiger partial charge is 0.373 e. The Bertz CT molecular complexity index is 368. The zero-order chi connectivity index (χ0) is 11.1. The molecule has 1 aliphatic rings. The fourth-order valence-electron chi connectivity index (χ4n) is 1.44. The van der Waals surface area contributed by atoms with Crippen LogP contribution in [-0.2, 0) is 17.3 Å². The lowest BCUT2D eigenvalue weighted by molar-refractivity contribution is -0.138. The number of hydrogen-bond donors (Lipinski definition) is 0. The predicted octanol–water partition coefficient (Wildman–Crippen LogP) is 2.79. The van der Waals surface area contributed by atoms with Crippen molar-refractivity contribution in [1.29, 1.82) is 0 Å². The van der Waals surface area contributed by atoms with Gasteiger partial charge in [-0.3, -0.25) is 0 Å². The van der Waals surface area contributed by atoms with Crippen LogP contribution in [-0.4, -0.2) is 12.7 Å². The summed E-state index contributed by atoms with van der Waals surface area (Å²) in [5.41, 5.74) is -0.815. The largest absolute Gasteiger partial charge is 0.416 e. The molecule has 0 radical (unpaired) electrons. The summed E-state index contributed by atoms with van der Waals surface area (Å²) in [5.74, 6) is -0.654. The van der Waals surface area contributed by atoms with Crippen molar-refractivity contribution in [2.45, 2.75) is 18.7 Å². The summed E-state index contributed by atoms with van der Waals surface area (Å²) >= 11 is 0. The molecule has 1 unspecified atom stereocenters. The van der Waals surface area contributed by atoms with Crippen molar-refractivity contribution >= 4 is 0 Å². The van der Waals surface area contributed by atoms with Crippen LogP contribution >= 0.6 is 0 Å². The van der Waals surface area contributed by atoms with E-state index < -0.39 is 17.6 Å². The van der Waals surface area contributed by atoms with Gasteiger partial charge in [-0.1, -0.05) is 0 Å². The van der Waals surface area contributed by atoms with Gasteiger partial charge < -0.3 is 4.74 Å². The van der Waals surface area contributed by atoms with Gasteiger partial charge in [0.25, 0.3) is 0 Å². The molecule has 5 heteroatoms. The number of ether oxygens (including phenoxy) is 1. The molecule has 1 heterocycles. The average molecular weight is 220 g/mol. The molecular weight excluding hydrogens is 212 g/mol. The number of benzene rings is 1. The Balaban J connectivity index is 2.34. The molecule has 15 heavy (non-hydrogen) atoms. The highest BCUT2D eigenvalue weighted by molar-refractivity contribution is 5.31. The van der Waals surface area contributed by atoms with Gasteiger partial charge in [0.05, 0.1) is 18.3 Å². The number of halogens is 4. The van der Waals surface area contributed by atoms with Crippen molar-refractivity contribution in [3.05, 3.63) is 35.1 Å². The second-order valence-corrected chi connectivity index (χ2v) is 3.46. The summed E-state index contributed by atoms with van der Waals surface area (Å²) in [4.78, 5) is 0. The van der Waals surface area contributed by atoms with E-state index in [4.69, 9.17) is 4.74 Å². The van der Waals surface area contributed by atoms with Crippen LogP contribution in [0, 0.1) is 5.82 Å². The fraction of sp³-hybridized carbons (Fsp3) is 0.400. The van der Waals surface area contributed by atoms with Gasteiger partial charge in [-0.15, -0.1) is 0 Å². The summed E-state index contributed by atoms with van der Waals surface area (Å²) in [6.07, 6.45) is -4.50. The summed E-state index contributed by atoms with van der Waals surface area (Å²) < 4.78 is 55.1. The molecule has 0 aromatic heterocycles. The monoisotopic (exact) mass is 220 g/mol. The zero-order valence-electron chi connectivity index (χ0n) is 7.64. The SMILES string of the molecule is Fc1ccc(C(F)(F)F)c(CC2CO2)c1. The van der Waals surface area contributed by atoms with Crippen LogP contribution in [0.3, 0.4) is 0 Å². The highest BCUT2D eigenvalue weighted by Gasteiger charge is 2.35. The Morgan fingerprint density at radius 1 is 1.33 bits per heavy atom. The molecule has 1 saturated heterocycles. The quantitative estimate of drug-likeness (QED) is 0.551. The maximum absolute atomic E-state index is 12.8. The third-order valence-electron chi connectivity index (χ3n) is 2.22. The minimum atomic E-state index is -4.43. The lowest BCUT2D eigenvalue weighted by Gasteiger charge is -2.11. The Morgan fingerprint density at radius 3 is 2.53 bits per heavy atom. The van der Waals surface area contributed by atoms with E-state index in [2.05, 4.69) is 0 Å². The van der Waals surface area contributed by atoms with Crippen LogP contribution in [0.5, 0.6) is 0 Å². The maximum Gasteiger partial charge on any atom is 0.416 e. The van der Waals surface area contributed by atoms with E-state index in [1.807, 2.05) is 0 Å². The third kappa shape index (κ3) is 2.47. The Hall–Kier alpha value is -1.10. The Morgan fingerprint density at radius 2 is 2.00 bits per heavy atom. The molecule has 1 aromatic rings. The van der Waals surface area contributed by atoms with E-state index in [-0.39, 0.29) is 18.1 Å². The van der Waals surface area contributed by atoms with Gasteiger partial charge in [0, 0.05) is 6.42 Å². The first-order valence-corrected chi connectivity index (χ1v) is 4.44. The van der Waals surface area contributed by atoms with Gasteiger partial charge in [0.1, 0.15) is 5.82 Å². The topological polar surface area (TPSA) is 12.5 Å². The summed E-state index contributed by atoms with van der Waals surface area (Å²) in [7, 11) is 0. The van der Waals surface area contributed by atoms with Crippen LogP contribution in [0.2, 0.25) is 0 Å². The minimum Gasteiger partial charge on any atom is -0.373 e. The van der Waals surface area contributed by atoms with E-state index >= 15 is 0 Å². The standard InChI is InChI=1S/C10H8F4O/c11-7-1-2-9(10(12,13)14)6(3-7)4-8-5-15-8/h1-3,8H,4-5H2. The van der Waals surface area contributed by atoms with Crippen molar-refractivity contribution in [3.8, 4) is 0 Å². The molecule has 0 amide bonds. The van der Waals surface area contributed by atoms with Gasteiger partial charge >= 0.3 is 6.18 Å². The van der Waals surface area contributed by atoms with E-state index in [1.54, 1.807) is 0 Å². The lowest BCUT2D eigenvalue weighted by atomic mass is 10.0. The van der Waals surface area contributed by atoms with E-state index in [9.17, 15) is 17.6 Å². The first-order valence-electron chi connectivity index (χ1n) is 4.44. The van der Waals surface area contributed by atoms with Crippen LogP contribution < -0.4 is 0 Å². The van der Waals surface area contributed by atoms with E-state index in [1.165, 1.54) is 0 Å².